The predicted octanol–water partition coefficient (Wildman–Crippen LogP) is 0.849. The highest BCUT2D eigenvalue weighted by molar-refractivity contribution is 7.88. The van der Waals surface area contributed by atoms with Gasteiger partial charge in [0.1, 0.15) is 0 Å². The molecule has 6 nitrogen and oxygen atoms in total. The van der Waals surface area contributed by atoms with Crippen LogP contribution in [-0.2, 0) is 20.6 Å². The zero-order chi connectivity index (χ0) is 17.0. The third-order valence-electron chi connectivity index (χ3n) is 4.76. The van der Waals surface area contributed by atoms with Crippen molar-refractivity contribution in [3.63, 3.8) is 0 Å². The summed E-state index contributed by atoms with van der Waals surface area (Å²) in [5, 5.41) is 6.25. The van der Waals surface area contributed by atoms with Gasteiger partial charge in [0.2, 0.25) is 15.9 Å². The summed E-state index contributed by atoms with van der Waals surface area (Å²) in [6, 6.07) is 9.24. The number of amides is 1. The molecule has 0 aliphatic carbocycles. The Morgan fingerprint density at radius 3 is 2.50 bits per heavy atom. The molecule has 2 heterocycles. The standard InChI is InChI=1S/C17H25N3O3S/c21-17(16-7-4-10-18-16)19-15-8-11-20(12-9-15)24(22,23)13-14-5-2-1-3-6-14/h1-3,5-6,15-16,18H,4,7-13H2,(H,19,21). The molecule has 0 aromatic heterocycles. The van der Waals surface area contributed by atoms with E-state index in [1.54, 1.807) is 4.31 Å². The smallest absolute Gasteiger partial charge is 0.237 e. The van der Waals surface area contributed by atoms with Crippen molar-refractivity contribution in [1.29, 1.82) is 0 Å². The first-order valence-corrected chi connectivity index (χ1v) is 10.2. The highest BCUT2D eigenvalue weighted by Gasteiger charge is 2.30. The Morgan fingerprint density at radius 1 is 1.17 bits per heavy atom. The van der Waals surface area contributed by atoms with E-state index in [1.807, 2.05) is 30.3 Å². The number of hydrogen-bond acceptors (Lipinski definition) is 4. The zero-order valence-corrected chi connectivity index (χ0v) is 14.6. The fourth-order valence-corrected chi connectivity index (χ4v) is 4.93. The van der Waals surface area contributed by atoms with Crippen LogP contribution in [0.3, 0.4) is 0 Å². The topological polar surface area (TPSA) is 78.5 Å². The Balaban J connectivity index is 1.50. The molecule has 1 atom stereocenters. The summed E-state index contributed by atoms with van der Waals surface area (Å²) in [4.78, 5) is 12.1. The molecule has 2 N–H and O–H groups in total. The molecule has 24 heavy (non-hydrogen) atoms. The lowest BCUT2D eigenvalue weighted by Crippen LogP contribution is -2.50. The summed E-state index contributed by atoms with van der Waals surface area (Å²) in [5.74, 6) is 0.0923. The molecule has 0 bridgehead atoms. The summed E-state index contributed by atoms with van der Waals surface area (Å²) in [6.07, 6.45) is 3.27. The molecule has 2 fully saturated rings. The maximum absolute atomic E-state index is 12.5. The number of hydrogen-bond donors (Lipinski definition) is 2. The lowest BCUT2D eigenvalue weighted by Gasteiger charge is -2.32. The van der Waals surface area contributed by atoms with Gasteiger partial charge in [0, 0.05) is 19.1 Å². The van der Waals surface area contributed by atoms with Gasteiger partial charge in [-0.3, -0.25) is 4.79 Å². The number of sulfonamides is 1. The number of piperidine rings is 1. The van der Waals surface area contributed by atoms with Crippen LogP contribution in [0.5, 0.6) is 0 Å². The zero-order valence-electron chi connectivity index (χ0n) is 13.8. The number of nitrogens with zero attached hydrogens (tertiary/aromatic N) is 1. The van der Waals surface area contributed by atoms with Crippen molar-refractivity contribution in [1.82, 2.24) is 14.9 Å². The van der Waals surface area contributed by atoms with Gasteiger partial charge >= 0.3 is 0 Å². The maximum atomic E-state index is 12.5. The van der Waals surface area contributed by atoms with Crippen LogP contribution in [0.4, 0.5) is 0 Å². The number of nitrogens with one attached hydrogen (secondary N) is 2. The molecule has 1 aromatic carbocycles. The third kappa shape index (κ3) is 4.34. The minimum Gasteiger partial charge on any atom is -0.352 e. The highest BCUT2D eigenvalue weighted by Crippen LogP contribution is 2.18. The van der Waals surface area contributed by atoms with Crippen LogP contribution in [-0.4, -0.2) is 50.3 Å². The SMILES string of the molecule is O=C(NC1CCN(S(=O)(=O)Cc2ccccc2)CC1)C1CCCN1. The van der Waals surface area contributed by atoms with Crippen molar-refractivity contribution in [3.05, 3.63) is 35.9 Å². The normalized spacial score (nSPS) is 23.2. The second kappa shape index (κ2) is 7.63. The molecular formula is C17H25N3O3S. The first-order valence-electron chi connectivity index (χ1n) is 8.60. The predicted molar refractivity (Wildman–Crippen MR) is 92.8 cm³/mol. The molecule has 2 aliphatic heterocycles. The van der Waals surface area contributed by atoms with Crippen LogP contribution in [0, 0.1) is 0 Å². The van der Waals surface area contributed by atoms with E-state index in [2.05, 4.69) is 10.6 Å². The average Bonchev–Trinajstić information content (AvgIpc) is 3.10. The fourth-order valence-electron chi connectivity index (χ4n) is 3.36. The number of carbonyl (C=O) groups excluding carboxylic acids is 1. The minimum absolute atomic E-state index is 0.0386. The van der Waals surface area contributed by atoms with E-state index < -0.39 is 10.0 Å². The van der Waals surface area contributed by atoms with Gasteiger partial charge in [0.05, 0.1) is 11.8 Å². The van der Waals surface area contributed by atoms with Gasteiger partial charge in [-0.2, -0.15) is 0 Å². The van der Waals surface area contributed by atoms with Gasteiger partial charge in [-0.25, -0.2) is 12.7 Å². The molecule has 1 aromatic rings. The average molecular weight is 351 g/mol. The molecule has 0 radical (unpaired) electrons. The quantitative estimate of drug-likeness (QED) is 0.824. The second-order valence-corrected chi connectivity index (χ2v) is 8.54. The van der Waals surface area contributed by atoms with E-state index in [0.717, 1.165) is 24.9 Å². The van der Waals surface area contributed by atoms with E-state index in [0.29, 0.717) is 25.9 Å². The van der Waals surface area contributed by atoms with Crippen LogP contribution in [0.2, 0.25) is 0 Å². The van der Waals surface area contributed by atoms with Crippen LogP contribution < -0.4 is 10.6 Å². The lowest BCUT2D eigenvalue weighted by atomic mass is 10.1. The van der Waals surface area contributed by atoms with E-state index in [-0.39, 0.29) is 23.7 Å². The maximum Gasteiger partial charge on any atom is 0.237 e. The van der Waals surface area contributed by atoms with Gasteiger partial charge in [-0.1, -0.05) is 30.3 Å². The van der Waals surface area contributed by atoms with Crippen molar-refractivity contribution in [2.75, 3.05) is 19.6 Å². The lowest BCUT2D eigenvalue weighted by molar-refractivity contribution is -0.123. The number of carbonyl (C=O) groups is 1. The minimum atomic E-state index is -3.30. The fraction of sp³-hybridized carbons (Fsp3) is 0.588. The van der Waals surface area contributed by atoms with Crippen LogP contribution in [0.15, 0.2) is 30.3 Å². The monoisotopic (exact) mass is 351 g/mol. The van der Waals surface area contributed by atoms with Crippen LogP contribution >= 0.6 is 0 Å². The van der Waals surface area contributed by atoms with Crippen LogP contribution in [0.1, 0.15) is 31.2 Å². The van der Waals surface area contributed by atoms with Gasteiger partial charge in [-0.15, -0.1) is 0 Å². The second-order valence-electron chi connectivity index (χ2n) is 6.57. The highest BCUT2D eigenvalue weighted by atomic mass is 32.2. The Morgan fingerprint density at radius 2 is 1.88 bits per heavy atom. The first kappa shape index (κ1) is 17.4. The van der Waals surface area contributed by atoms with Crippen molar-refractivity contribution < 1.29 is 13.2 Å². The molecule has 2 aliphatic rings. The first-order chi connectivity index (χ1) is 11.5. The number of rotatable bonds is 5. The molecule has 1 unspecified atom stereocenters. The van der Waals surface area contributed by atoms with E-state index >= 15 is 0 Å². The van der Waals surface area contributed by atoms with Gasteiger partial charge in [0.25, 0.3) is 0 Å². The van der Waals surface area contributed by atoms with Gasteiger partial charge in [-0.05, 0) is 37.8 Å². The molecule has 132 valence electrons. The summed E-state index contributed by atoms with van der Waals surface area (Å²) >= 11 is 0. The van der Waals surface area contributed by atoms with Crippen molar-refractivity contribution in [2.24, 2.45) is 0 Å². The number of benzene rings is 1. The molecule has 0 saturated carbocycles. The van der Waals surface area contributed by atoms with Crippen molar-refractivity contribution >= 4 is 15.9 Å². The van der Waals surface area contributed by atoms with Gasteiger partial charge in [0.15, 0.2) is 0 Å². The van der Waals surface area contributed by atoms with E-state index in [4.69, 9.17) is 0 Å². The van der Waals surface area contributed by atoms with Crippen molar-refractivity contribution in [3.8, 4) is 0 Å². The molecule has 1 amide bonds. The summed E-state index contributed by atoms with van der Waals surface area (Å²) < 4.78 is 26.6. The Kier molecular flexibility index (Phi) is 5.53. The molecule has 2 saturated heterocycles. The molecule has 3 rings (SSSR count). The largest absolute Gasteiger partial charge is 0.352 e. The molecular weight excluding hydrogens is 326 g/mol. The van der Waals surface area contributed by atoms with Crippen molar-refractivity contribution in [2.45, 2.75) is 43.5 Å². The third-order valence-corrected chi connectivity index (χ3v) is 6.61. The Hall–Kier alpha value is -1.44. The molecule has 7 heteroatoms. The Labute approximate surface area is 143 Å². The van der Waals surface area contributed by atoms with E-state index in [9.17, 15) is 13.2 Å². The Bertz CT molecular complexity index is 649. The van der Waals surface area contributed by atoms with E-state index in [1.165, 1.54) is 0 Å². The summed E-state index contributed by atoms with van der Waals surface area (Å²) in [5.41, 5.74) is 0.806. The van der Waals surface area contributed by atoms with Gasteiger partial charge < -0.3 is 10.6 Å². The van der Waals surface area contributed by atoms with Crippen LogP contribution in [0.25, 0.3) is 0 Å². The molecule has 0 spiro atoms. The summed E-state index contributed by atoms with van der Waals surface area (Å²) in [6.45, 7) is 1.84. The summed E-state index contributed by atoms with van der Waals surface area (Å²) in [7, 11) is -3.30.